The maximum Gasteiger partial charge on any atom is 0.251 e. The molecule has 4 rings (SSSR count). The van der Waals surface area contributed by atoms with Crippen LogP contribution >= 0.6 is 0 Å². The molecule has 0 bridgehead atoms. The van der Waals surface area contributed by atoms with E-state index >= 15 is 0 Å². The third kappa shape index (κ3) is 4.97. The van der Waals surface area contributed by atoms with E-state index in [0.29, 0.717) is 18.6 Å². The van der Waals surface area contributed by atoms with Gasteiger partial charge in [0.1, 0.15) is 5.82 Å². The number of ether oxygens (including phenoxy) is 1. The zero-order chi connectivity index (χ0) is 22.7. The number of rotatable bonds is 7. The predicted molar refractivity (Wildman–Crippen MR) is 129 cm³/mol. The smallest absolute Gasteiger partial charge is 0.251 e. The van der Waals surface area contributed by atoms with Crippen molar-refractivity contribution in [1.29, 1.82) is 0 Å². The zero-order valence-corrected chi connectivity index (χ0v) is 19.8. The number of nitrogens with zero attached hydrogens (tertiary/aromatic N) is 1. The monoisotopic (exact) mass is 436 g/mol. The average molecular weight is 437 g/mol. The summed E-state index contributed by atoms with van der Waals surface area (Å²) in [5, 5.41) is 10.2. The number of hydrogen-bond acceptors (Lipinski definition) is 5. The average Bonchev–Trinajstić information content (AvgIpc) is 2.79. The standard InChI is InChI=1S/C26H36N4O2/c1-17-15-28-24(30-20-8-6-19(7-9-20)27-11-12-32-4)14-22(17)18-5-10-21-23(13-18)26(2,3)16-29-25(21)31/h5,10,13-15,19-20,27H,6-9,11-12,16H2,1-4H3,(H,28,30)(H,29,31). The fourth-order valence-electron chi connectivity index (χ4n) is 4.89. The molecule has 1 aromatic heterocycles. The molecule has 3 N–H and O–H groups in total. The molecule has 0 spiro atoms. The van der Waals surface area contributed by atoms with Crippen molar-refractivity contribution in [3.8, 4) is 11.1 Å². The summed E-state index contributed by atoms with van der Waals surface area (Å²) < 4.78 is 5.13. The number of carbonyl (C=O) groups excluding carboxylic acids is 1. The van der Waals surface area contributed by atoms with E-state index in [9.17, 15) is 4.79 Å². The lowest BCUT2D eigenvalue weighted by Gasteiger charge is -2.33. The van der Waals surface area contributed by atoms with Crippen LogP contribution in [0.1, 0.15) is 61.0 Å². The number of hydrogen-bond donors (Lipinski definition) is 3. The minimum atomic E-state index is -0.0861. The molecule has 1 saturated carbocycles. The molecule has 2 heterocycles. The predicted octanol–water partition coefficient (Wildman–Crippen LogP) is 4.04. The maximum atomic E-state index is 12.3. The molecule has 1 fully saturated rings. The van der Waals surface area contributed by atoms with Crippen LogP contribution in [0.5, 0.6) is 0 Å². The van der Waals surface area contributed by atoms with Crippen molar-refractivity contribution in [2.24, 2.45) is 0 Å². The quantitative estimate of drug-likeness (QED) is 0.571. The van der Waals surface area contributed by atoms with Gasteiger partial charge in [-0.15, -0.1) is 0 Å². The van der Waals surface area contributed by atoms with Crippen LogP contribution in [0.15, 0.2) is 30.5 Å². The first-order chi connectivity index (χ1) is 15.4. The lowest BCUT2D eigenvalue weighted by molar-refractivity contribution is 0.0930. The minimum absolute atomic E-state index is 0.0204. The first kappa shape index (κ1) is 22.7. The van der Waals surface area contributed by atoms with Gasteiger partial charge in [-0.25, -0.2) is 4.98 Å². The second kappa shape index (κ2) is 9.59. The molecule has 1 aliphatic carbocycles. The number of aromatic nitrogens is 1. The van der Waals surface area contributed by atoms with Crippen molar-refractivity contribution >= 4 is 11.7 Å². The Bertz CT molecular complexity index is 964. The Balaban J connectivity index is 1.48. The van der Waals surface area contributed by atoms with Gasteiger partial charge in [0.15, 0.2) is 0 Å². The molecule has 0 unspecified atom stereocenters. The number of fused-ring (bicyclic) bond motifs is 1. The van der Waals surface area contributed by atoms with Crippen LogP contribution < -0.4 is 16.0 Å². The molecule has 0 atom stereocenters. The highest BCUT2D eigenvalue weighted by molar-refractivity contribution is 5.98. The minimum Gasteiger partial charge on any atom is -0.383 e. The van der Waals surface area contributed by atoms with Crippen LogP contribution in [0.25, 0.3) is 11.1 Å². The molecule has 32 heavy (non-hydrogen) atoms. The Morgan fingerprint density at radius 1 is 1.12 bits per heavy atom. The maximum absolute atomic E-state index is 12.3. The van der Waals surface area contributed by atoms with Crippen molar-refractivity contribution < 1.29 is 9.53 Å². The van der Waals surface area contributed by atoms with Gasteiger partial charge in [0, 0.05) is 49.5 Å². The summed E-state index contributed by atoms with van der Waals surface area (Å²) in [4.78, 5) is 17.0. The van der Waals surface area contributed by atoms with Crippen molar-refractivity contribution in [3.05, 3.63) is 47.2 Å². The van der Waals surface area contributed by atoms with Crippen LogP contribution in [0.3, 0.4) is 0 Å². The third-order valence-electron chi connectivity index (χ3n) is 6.92. The number of carbonyl (C=O) groups is 1. The summed E-state index contributed by atoms with van der Waals surface area (Å²) >= 11 is 0. The number of methoxy groups -OCH3 is 1. The van der Waals surface area contributed by atoms with Crippen molar-refractivity contribution in [2.75, 3.05) is 32.1 Å². The van der Waals surface area contributed by atoms with Crippen LogP contribution in [-0.4, -0.2) is 49.8 Å². The summed E-state index contributed by atoms with van der Waals surface area (Å²) in [5.74, 6) is 0.947. The summed E-state index contributed by atoms with van der Waals surface area (Å²) in [6, 6.07) is 9.41. The highest BCUT2D eigenvalue weighted by Crippen LogP contribution is 2.35. The summed E-state index contributed by atoms with van der Waals surface area (Å²) in [7, 11) is 1.74. The number of benzene rings is 1. The number of nitrogens with one attached hydrogen (secondary N) is 3. The molecule has 1 aromatic carbocycles. The molecule has 6 heteroatoms. The molecule has 1 amide bonds. The summed E-state index contributed by atoms with van der Waals surface area (Å²) in [6.07, 6.45) is 6.56. The third-order valence-corrected chi connectivity index (χ3v) is 6.92. The fourth-order valence-corrected chi connectivity index (χ4v) is 4.89. The lowest BCUT2D eigenvalue weighted by atomic mass is 9.77. The Kier molecular flexibility index (Phi) is 6.82. The molecule has 172 valence electrons. The Labute approximate surface area is 191 Å². The van der Waals surface area contributed by atoms with Crippen molar-refractivity contribution in [1.82, 2.24) is 15.6 Å². The van der Waals surface area contributed by atoms with Crippen molar-refractivity contribution in [2.45, 2.75) is 64.0 Å². The van der Waals surface area contributed by atoms with E-state index in [1.54, 1.807) is 7.11 Å². The number of aryl methyl sites for hydroxylation is 1. The number of anilines is 1. The van der Waals surface area contributed by atoms with E-state index in [1.807, 2.05) is 12.3 Å². The van der Waals surface area contributed by atoms with E-state index < -0.39 is 0 Å². The summed E-state index contributed by atoms with van der Waals surface area (Å²) in [5.41, 5.74) is 5.26. The van der Waals surface area contributed by atoms with Crippen LogP contribution in [-0.2, 0) is 10.2 Å². The zero-order valence-electron chi connectivity index (χ0n) is 19.8. The first-order valence-electron chi connectivity index (χ1n) is 11.8. The van der Waals surface area contributed by atoms with Gasteiger partial charge in [-0.3, -0.25) is 4.79 Å². The molecule has 0 saturated heterocycles. The van der Waals surface area contributed by atoms with Gasteiger partial charge in [0.2, 0.25) is 0 Å². The Morgan fingerprint density at radius 3 is 2.62 bits per heavy atom. The van der Waals surface area contributed by atoms with Crippen LogP contribution in [0.4, 0.5) is 5.82 Å². The Morgan fingerprint density at radius 2 is 1.88 bits per heavy atom. The summed E-state index contributed by atoms with van der Waals surface area (Å²) in [6.45, 7) is 8.80. The number of pyridine rings is 1. The van der Waals surface area contributed by atoms with E-state index in [1.165, 1.54) is 18.4 Å². The lowest BCUT2D eigenvalue weighted by Crippen LogP contribution is -2.43. The fraction of sp³-hybridized carbons (Fsp3) is 0.538. The molecule has 2 aliphatic rings. The highest BCUT2D eigenvalue weighted by Gasteiger charge is 2.31. The SMILES string of the molecule is COCCNC1CCC(Nc2cc(-c3ccc4c(c3)C(C)(C)CNC4=O)c(C)cn2)CC1. The number of amides is 1. The molecule has 6 nitrogen and oxygen atoms in total. The largest absolute Gasteiger partial charge is 0.383 e. The normalized spacial score (nSPS) is 22.2. The second-order valence-corrected chi connectivity index (χ2v) is 9.85. The van der Waals surface area contributed by atoms with Gasteiger partial charge >= 0.3 is 0 Å². The van der Waals surface area contributed by atoms with Gasteiger partial charge in [-0.1, -0.05) is 19.9 Å². The molecule has 2 aromatic rings. The molecular weight excluding hydrogens is 400 g/mol. The van der Waals surface area contributed by atoms with Gasteiger partial charge < -0.3 is 20.7 Å². The molecule has 1 aliphatic heterocycles. The van der Waals surface area contributed by atoms with E-state index in [4.69, 9.17) is 4.74 Å². The van der Waals surface area contributed by atoms with E-state index in [-0.39, 0.29) is 11.3 Å². The van der Waals surface area contributed by atoms with Gasteiger partial charge in [-0.2, -0.15) is 0 Å². The van der Waals surface area contributed by atoms with Gasteiger partial charge in [0.25, 0.3) is 5.91 Å². The van der Waals surface area contributed by atoms with Crippen molar-refractivity contribution in [3.63, 3.8) is 0 Å². The van der Waals surface area contributed by atoms with E-state index in [2.05, 4.69) is 59.9 Å². The molecular formula is C26H36N4O2. The van der Waals surface area contributed by atoms with Crippen LogP contribution in [0, 0.1) is 6.92 Å². The second-order valence-electron chi connectivity index (χ2n) is 9.85. The topological polar surface area (TPSA) is 75.3 Å². The highest BCUT2D eigenvalue weighted by atomic mass is 16.5. The van der Waals surface area contributed by atoms with Gasteiger partial charge in [0.05, 0.1) is 6.61 Å². The van der Waals surface area contributed by atoms with Crippen LogP contribution in [0.2, 0.25) is 0 Å². The first-order valence-corrected chi connectivity index (χ1v) is 11.8. The Hall–Kier alpha value is -2.44. The molecule has 0 radical (unpaired) electrons. The van der Waals surface area contributed by atoms with E-state index in [0.717, 1.165) is 54.1 Å². The van der Waals surface area contributed by atoms with Gasteiger partial charge in [-0.05, 0) is 73.1 Å².